The van der Waals surface area contributed by atoms with Crippen LogP contribution < -0.4 is 22.2 Å². The van der Waals surface area contributed by atoms with E-state index < -0.39 is 23.9 Å². The number of hydrogen-bond donors (Lipinski definition) is 4. The Morgan fingerprint density at radius 3 is 1.97 bits per heavy atom. The second-order valence-corrected chi connectivity index (χ2v) is 6.68. The van der Waals surface area contributed by atoms with Crippen molar-refractivity contribution in [3.63, 3.8) is 0 Å². The fourth-order valence-electron chi connectivity index (χ4n) is 2.83. The van der Waals surface area contributed by atoms with Gasteiger partial charge in [0.25, 0.3) is 5.91 Å². The maximum atomic E-state index is 12.4. The molecule has 2 aromatic carbocycles. The molecule has 0 heterocycles. The minimum atomic E-state index is -0.920. The fraction of sp³-hybridized carbons (Fsp3) is 0.174. The third-order valence-electron chi connectivity index (χ3n) is 4.32. The summed E-state index contributed by atoms with van der Waals surface area (Å²) in [6, 6.07) is 10.6. The number of esters is 2. The Hall–Kier alpha value is -4.67. The van der Waals surface area contributed by atoms with Crippen molar-refractivity contribution in [3.8, 4) is 11.1 Å². The van der Waals surface area contributed by atoms with Gasteiger partial charge in [0.05, 0.1) is 35.7 Å². The molecule has 6 N–H and O–H groups in total. The molecule has 0 bridgehead atoms. The predicted molar refractivity (Wildman–Crippen MR) is 126 cm³/mol. The number of carbonyl (C=O) groups is 4. The average Bonchev–Trinajstić information content (AvgIpc) is 2.79. The Balaban J connectivity index is 2.31. The Kier molecular flexibility index (Phi) is 8.89. The van der Waals surface area contributed by atoms with E-state index in [1.54, 1.807) is 50.2 Å². The lowest BCUT2D eigenvalue weighted by molar-refractivity contribution is -0.111. The topological polar surface area (TPSA) is 175 Å². The van der Waals surface area contributed by atoms with Crippen LogP contribution in [0.3, 0.4) is 0 Å². The molecular formula is C23H25N5O6. The number of benzene rings is 2. The summed E-state index contributed by atoms with van der Waals surface area (Å²) in [5.74, 6) is -2.17. The molecule has 2 rings (SSSR count). The van der Waals surface area contributed by atoms with Crippen LogP contribution in [0.4, 0.5) is 10.5 Å². The Morgan fingerprint density at radius 1 is 0.882 bits per heavy atom. The van der Waals surface area contributed by atoms with Crippen LogP contribution in [0.1, 0.15) is 34.6 Å². The van der Waals surface area contributed by atoms with E-state index in [-0.39, 0.29) is 35.7 Å². The minimum absolute atomic E-state index is 0.0937. The van der Waals surface area contributed by atoms with Gasteiger partial charge >= 0.3 is 18.0 Å². The zero-order valence-electron chi connectivity index (χ0n) is 18.7. The summed E-state index contributed by atoms with van der Waals surface area (Å²) >= 11 is 0. The molecule has 0 fully saturated rings. The number of ether oxygens (including phenoxy) is 2. The Bertz CT molecular complexity index is 1140. The second-order valence-electron chi connectivity index (χ2n) is 6.68. The van der Waals surface area contributed by atoms with Crippen molar-refractivity contribution in [1.29, 1.82) is 0 Å². The Morgan fingerprint density at radius 2 is 1.44 bits per heavy atom. The fourth-order valence-corrected chi connectivity index (χ4v) is 2.83. The molecular weight excluding hydrogens is 442 g/mol. The number of urea groups is 1. The molecule has 0 aliphatic rings. The summed E-state index contributed by atoms with van der Waals surface area (Å²) < 4.78 is 10.1. The van der Waals surface area contributed by atoms with E-state index >= 15 is 0 Å². The highest BCUT2D eigenvalue weighted by Crippen LogP contribution is 2.25. The molecule has 11 heteroatoms. The van der Waals surface area contributed by atoms with Crippen LogP contribution in [0.5, 0.6) is 0 Å². The lowest BCUT2D eigenvalue weighted by atomic mass is 9.99. The van der Waals surface area contributed by atoms with Crippen molar-refractivity contribution in [2.24, 2.45) is 16.6 Å². The molecule has 3 amide bonds. The van der Waals surface area contributed by atoms with Gasteiger partial charge in [-0.3, -0.25) is 10.2 Å². The first kappa shape index (κ1) is 25.6. The van der Waals surface area contributed by atoms with E-state index in [9.17, 15) is 19.2 Å². The van der Waals surface area contributed by atoms with Crippen molar-refractivity contribution < 1.29 is 28.7 Å². The van der Waals surface area contributed by atoms with Gasteiger partial charge in [0.2, 0.25) is 0 Å². The quantitative estimate of drug-likeness (QED) is 0.235. The molecule has 0 aliphatic carbocycles. The molecule has 0 saturated carbocycles. The van der Waals surface area contributed by atoms with Gasteiger partial charge in [-0.25, -0.2) is 14.4 Å². The van der Waals surface area contributed by atoms with Gasteiger partial charge in [-0.05, 0) is 49.2 Å². The lowest BCUT2D eigenvalue weighted by Crippen LogP contribution is -2.37. The summed E-state index contributed by atoms with van der Waals surface area (Å²) in [5, 5.41) is 6.00. The summed E-state index contributed by atoms with van der Waals surface area (Å²) in [5.41, 5.74) is 14.5. The number of nitrogens with zero attached hydrogens (tertiary/aromatic N) is 1. The molecule has 0 atom stereocenters. The number of hydrogen-bond acceptors (Lipinski definition) is 8. The predicted octanol–water partition coefficient (Wildman–Crippen LogP) is 2.14. The molecule has 0 aromatic heterocycles. The van der Waals surface area contributed by atoms with E-state index in [4.69, 9.17) is 20.9 Å². The van der Waals surface area contributed by atoms with Gasteiger partial charge in [0, 0.05) is 0 Å². The van der Waals surface area contributed by atoms with Crippen molar-refractivity contribution in [2.75, 3.05) is 18.6 Å². The molecule has 0 radical (unpaired) electrons. The number of nitrogens with one attached hydrogen (secondary N) is 2. The maximum absolute atomic E-state index is 12.4. The van der Waals surface area contributed by atoms with Gasteiger partial charge in [0.15, 0.2) is 5.71 Å². The highest BCUT2D eigenvalue weighted by Gasteiger charge is 2.20. The smallest absolute Gasteiger partial charge is 0.339 e. The first-order valence-electron chi connectivity index (χ1n) is 10.2. The summed E-state index contributed by atoms with van der Waals surface area (Å²) in [6.45, 7) is 7.16. The summed E-state index contributed by atoms with van der Waals surface area (Å²) in [6.07, 6.45) is 0. The molecule has 0 saturated heterocycles. The van der Waals surface area contributed by atoms with Crippen molar-refractivity contribution in [2.45, 2.75) is 13.8 Å². The Labute approximate surface area is 195 Å². The number of carbonyl (C=O) groups excluding carboxylic acids is 4. The third kappa shape index (κ3) is 6.66. The van der Waals surface area contributed by atoms with E-state index in [1.165, 1.54) is 6.07 Å². The molecule has 178 valence electrons. The zero-order valence-corrected chi connectivity index (χ0v) is 18.7. The number of nitrogens with two attached hydrogens (primary N) is 2. The lowest BCUT2D eigenvalue weighted by Gasteiger charge is -2.11. The normalized spacial score (nSPS) is 10.7. The van der Waals surface area contributed by atoms with E-state index in [1.807, 2.05) is 0 Å². The second kappa shape index (κ2) is 11.8. The van der Waals surface area contributed by atoms with Crippen LogP contribution in [0, 0.1) is 0 Å². The molecule has 11 nitrogen and oxygen atoms in total. The molecule has 34 heavy (non-hydrogen) atoms. The summed E-state index contributed by atoms with van der Waals surface area (Å²) in [7, 11) is 0. The van der Waals surface area contributed by atoms with Crippen molar-refractivity contribution in [3.05, 3.63) is 65.9 Å². The molecule has 0 unspecified atom stereocenters. The molecule has 2 aromatic rings. The number of primary amides is 2. The monoisotopic (exact) mass is 467 g/mol. The van der Waals surface area contributed by atoms with Crippen molar-refractivity contribution >= 4 is 35.3 Å². The zero-order chi connectivity index (χ0) is 25.3. The summed E-state index contributed by atoms with van der Waals surface area (Å²) in [4.78, 5) is 47.1. The maximum Gasteiger partial charge on any atom is 0.339 e. The van der Waals surface area contributed by atoms with E-state index in [0.29, 0.717) is 11.3 Å². The van der Waals surface area contributed by atoms with Crippen LogP contribution in [-0.4, -0.2) is 42.8 Å². The third-order valence-corrected chi connectivity index (χ3v) is 4.32. The standard InChI is InChI=1S/C23H25N5O6/c1-4-33-21(30)17-11-8-15(12-18(17)22(31)34-5-2)14-6-9-16(10-7-14)27-28-19(20(24)29)13(3)26-23(25)32/h6-12,27H,3-5H2,1-2H3,(H2,24,29)(H3,25,26,32)/b28-19+. The highest BCUT2D eigenvalue weighted by molar-refractivity contribution is 6.45. The van der Waals surface area contributed by atoms with Crippen LogP contribution >= 0.6 is 0 Å². The van der Waals surface area contributed by atoms with Crippen LogP contribution in [0.2, 0.25) is 0 Å². The first-order valence-corrected chi connectivity index (χ1v) is 10.2. The largest absolute Gasteiger partial charge is 0.462 e. The van der Waals surface area contributed by atoms with Crippen LogP contribution in [0.25, 0.3) is 11.1 Å². The minimum Gasteiger partial charge on any atom is -0.462 e. The number of anilines is 1. The number of amides is 3. The van der Waals surface area contributed by atoms with Crippen LogP contribution in [-0.2, 0) is 14.3 Å². The van der Waals surface area contributed by atoms with Gasteiger partial charge in [-0.1, -0.05) is 24.8 Å². The molecule has 0 spiro atoms. The van der Waals surface area contributed by atoms with Gasteiger partial charge < -0.3 is 26.3 Å². The van der Waals surface area contributed by atoms with Gasteiger partial charge in [0.1, 0.15) is 0 Å². The van der Waals surface area contributed by atoms with Gasteiger partial charge in [-0.2, -0.15) is 5.10 Å². The van der Waals surface area contributed by atoms with E-state index in [2.05, 4.69) is 22.4 Å². The number of rotatable bonds is 10. The van der Waals surface area contributed by atoms with E-state index in [0.717, 1.165) is 5.56 Å². The average molecular weight is 467 g/mol. The SMILES string of the molecule is C=C(NC(N)=O)/C(=N\Nc1ccc(-c2ccc(C(=O)OCC)c(C(=O)OCC)c2)cc1)C(N)=O. The molecule has 0 aliphatic heterocycles. The van der Waals surface area contributed by atoms with Crippen molar-refractivity contribution in [1.82, 2.24) is 5.32 Å². The van der Waals surface area contributed by atoms with Gasteiger partial charge in [-0.15, -0.1) is 0 Å². The highest BCUT2D eigenvalue weighted by atomic mass is 16.5. The number of hydrazone groups is 1. The first-order chi connectivity index (χ1) is 16.2. The van der Waals surface area contributed by atoms with Crippen LogP contribution in [0.15, 0.2) is 59.8 Å².